The number of nitrogens with zero attached hydrogens (tertiary/aromatic N) is 2. The van der Waals surface area contributed by atoms with E-state index < -0.39 is 5.97 Å². The third kappa shape index (κ3) is 2.86. The molecule has 1 radical (unpaired) electrons. The predicted molar refractivity (Wildman–Crippen MR) is 117 cm³/mol. The number of hydrogen-bond acceptors (Lipinski definition) is 3. The van der Waals surface area contributed by atoms with Crippen LogP contribution in [0.2, 0.25) is 6.82 Å². The van der Waals surface area contributed by atoms with Crippen molar-refractivity contribution in [2.45, 2.75) is 13.4 Å². The maximum atomic E-state index is 12.9. The van der Waals surface area contributed by atoms with Crippen molar-refractivity contribution in [3.63, 3.8) is 0 Å². The molecule has 0 bridgehead atoms. The van der Waals surface area contributed by atoms with Gasteiger partial charge in [0.05, 0.1) is 11.0 Å². The van der Waals surface area contributed by atoms with Crippen molar-refractivity contribution < 1.29 is 9.53 Å². The molecule has 4 nitrogen and oxygen atoms in total. The van der Waals surface area contributed by atoms with Gasteiger partial charge in [-0.1, -0.05) is 85.7 Å². The quantitative estimate of drug-likeness (QED) is 0.245. The molecule has 5 heteroatoms. The molecule has 0 atom stereocenters. The smallest absolute Gasteiger partial charge is 0.373 e. The van der Waals surface area contributed by atoms with Gasteiger partial charge in [-0.05, 0) is 16.3 Å². The van der Waals surface area contributed by atoms with E-state index in [4.69, 9.17) is 9.72 Å². The van der Waals surface area contributed by atoms with Crippen molar-refractivity contribution in [2.75, 3.05) is 0 Å². The number of hydrogen-bond donors (Lipinski definition) is 0. The molecule has 29 heavy (non-hydrogen) atoms. The van der Waals surface area contributed by atoms with Crippen LogP contribution < -0.4 is 0 Å². The van der Waals surface area contributed by atoms with Crippen LogP contribution in [0.25, 0.3) is 32.6 Å². The molecule has 0 amide bonds. The fourth-order valence-electron chi connectivity index (χ4n) is 3.91. The van der Waals surface area contributed by atoms with E-state index in [0.29, 0.717) is 5.82 Å². The predicted octanol–water partition coefficient (Wildman–Crippen LogP) is 5.22. The molecule has 0 aliphatic carbocycles. The largest absolute Gasteiger partial charge is 0.455 e. The lowest BCUT2D eigenvalue weighted by Gasteiger charge is -2.10. The second-order valence-electron chi connectivity index (χ2n) is 6.91. The lowest BCUT2D eigenvalue weighted by atomic mass is 9.95. The number of carbonyl (C=O) groups excluding carboxylic acids is 1. The van der Waals surface area contributed by atoms with Crippen LogP contribution in [-0.2, 0) is 11.3 Å². The Morgan fingerprint density at radius 2 is 1.45 bits per heavy atom. The first-order chi connectivity index (χ1) is 14.3. The molecule has 0 unspecified atom stereocenters. The topological polar surface area (TPSA) is 44.1 Å². The maximum absolute atomic E-state index is 12.9. The molecule has 1 heterocycles. The van der Waals surface area contributed by atoms with Gasteiger partial charge in [-0.15, -0.1) is 0 Å². The first-order valence-electron chi connectivity index (χ1n) is 9.60. The Morgan fingerprint density at radius 3 is 2.14 bits per heavy atom. The minimum atomic E-state index is -0.434. The zero-order valence-electron chi connectivity index (χ0n) is 16.0. The number of carbonyl (C=O) groups is 1. The van der Waals surface area contributed by atoms with Gasteiger partial charge in [-0.25, -0.2) is 9.78 Å². The van der Waals surface area contributed by atoms with Gasteiger partial charge in [0, 0.05) is 10.8 Å². The van der Waals surface area contributed by atoms with Crippen LogP contribution in [0.4, 0.5) is 0 Å². The van der Waals surface area contributed by atoms with Gasteiger partial charge in [0.15, 0.2) is 0 Å². The highest BCUT2D eigenvalue weighted by atomic mass is 16.5. The Labute approximate surface area is 169 Å². The molecule has 1 aromatic heterocycles. The molecule has 0 saturated carbocycles. The molecule has 139 valence electrons. The summed E-state index contributed by atoms with van der Waals surface area (Å²) in [4.78, 5) is 17.6. The van der Waals surface area contributed by atoms with E-state index in [1.54, 1.807) is 0 Å². The Hall–Kier alpha value is -3.60. The van der Waals surface area contributed by atoms with Crippen LogP contribution in [0, 0.1) is 0 Å². The van der Waals surface area contributed by atoms with Crippen molar-refractivity contribution in [1.29, 1.82) is 0 Å². The first-order valence-corrected chi connectivity index (χ1v) is 9.60. The number of ether oxygens (including phenoxy) is 1. The number of imidazole rings is 1. The van der Waals surface area contributed by atoms with Gasteiger partial charge in [0.25, 0.3) is 7.41 Å². The summed E-state index contributed by atoms with van der Waals surface area (Å²) >= 11 is 0. The molecule has 0 fully saturated rings. The fourth-order valence-corrected chi connectivity index (χ4v) is 3.91. The summed E-state index contributed by atoms with van der Waals surface area (Å²) in [6.45, 7) is 2.12. The van der Waals surface area contributed by atoms with E-state index in [-0.39, 0.29) is 6.61 Å². The van der Waals surface area contributed by atoms with Crippen LogP contribution in [0.15, 0.2) is 78.9 Å². The lowest BCUT2D eigenvalue weighted by Crippen LogP contribution is -2.15. The van der Waals surface area contributed by atoms with Crippen LogP contribution in [0.1, 0.15) is 16.2 Å². The number of benzene rings is 4. The van der Waals surface area contributed by atoms with E-state index in [9.17, 15) is 4.79 Å². The highest BCUT2D eigenvalue weighted by Gasteiger charge is 2.22. The molecule has 0 aliphatic heterocycles. The van der Waals surface area contributed by atoms with E-state index in [1.165, 1.54) is 0 Å². The van der Waals surface area contributed by atoms with Gasteiger partial charge < -0.3 is 9.21 Å². The average Bonchev–Trinajstić information content (AvgIpc) is 3.18. The van der Waals surface area contributed by atoms with Gasteiger partial charge in [0.1, 0.15) is 6.61 Å². The van der Waals surface area contributed by atoms with Crippen LogP contribution in [-0.4, -0.2) is 22.8 Å². The maximum Gasteiger partial charge on any atom is 0.373 e. The number of rotatable bonds is 4. The summed E-state index contributed by atoms with van der Waals surface area (Å²) in [5, 5.41) is 4.36. The normalized spacial score (nSPS) is 11.2. The van der Waals surface area contributed by atoms with Crippen LogP contribution >= 0.6 is 0 Å². The van der Waals surface area contributed by atoms with Crippen LogP contribution in [0.3, 0.4) is 0 Å². The van der Waals surface area contributed by atoms with Gasteiger partial charge in [-0.2, -0.15) is 0 Å². The van der Waals surface area contributed by atoms with E-state index in [0.717, 1.165) is 38.1 Å². The molecule has 0 spiro atoms. The summed E-state index contributed by atoms with van der Waals surface area (Å²) in [6.07, 6.45) is 0. The second kappa shape index (κ2) is 7.10. The van der Waals surface area contributed by atoms with Crippen molar-refractivity contribution in [2.24, 2.45) is 0 Å². The standard InChI is InChI=1S/C24H18BN2O2/c1-25-27-22-20-14-8-6-12-18(20)17-11-5-7-13-19(17)21(22)26-23(27)24(28)29-15-16-9-3-2-4-10-16/h2-14H,15H2,1H3. The zero-order valence-corrected chi connectivity index (χ0v) is 16.0. The summed E-state index contributed by atoms with van der Waals surface area (Å²) in [7, 11) is 1.87. The molecular formula is C24H18BN2O2. The summed E-state index contributed by atoms with van der Waals surface area (Å²) in [6, 6.07) is 26.1. The summed E-state index contributed by atoms with van der Waals surface area (Å²) < 4.78 is 7.41. The Bertz CT molecular complexity index is 1360. The monoisotopic (exact) mass is 377 g/mol. The van der Waals surface area contributed by atoms with Crippen LogP contribution in [0.5, 0.6) is 0 Å². The lowest BCUT2D eigenvalue weighted by molar-refractivity contribution is 0.0458. The Morgan fingerprint density at radius 1 is 0.862 bits per heavy atom. The molecule has 0 aliphatic rings. The number of fused-ring (bicyclic) bond motifs is 6. The molecule has 5 rings (SSSR count). The third-order valence-electron chi connectivity index (χ3n) is 5.22. The molecule has 0 saturated heterocycles. The summed E-state index contributed by atoms with van der Waals surface area (Å²) in [5.74, 6) is -0.142. The van der Waals surface area contributed by atoms with Crippen molar-refractivity contribution >= 4 is 46.0 Å². The highest BCUT2D eigenvalue weighted by molar-refractivity contribution is 6.37. The van der Waals surface area contributed by atoms with E-state index in [2.05, 4.69) is 24.3 Å². The molecule has 4 aromatic carbocycles. The number of esters is 1. The van der Waals surface area contributed by atoms with Crippen molar-refractivity contribution in [3.05, 3.63) is 90.3 Å². The summed E-state index contributed by atoms with van der Waals surface area (Å²) in [5.41, 5.74) is 2.68. The highest BCUT2D eigenvalue weighted by Crippen LogP contribution is 2.35. The average molecular weight is 377 g/mol. The SMILES string of the molecule is C[B]n1c(C(=O)OCc2ccccc2)nc2c3ccccc3c3ccccc3c21. The minimum Gasteiger partial charge on any atom is -0.455 e. The third-order valence-corrected chi connectivity index (χ3v) is 5.22. The van der Waals surface area contributed by atoms with Gasteiger partial charge in [0.2, 0.25) is 5.82 Å². The van der Waals surface area contributed by atoms with Gasteiger partial charge >= 0.3 is 5.97 Å². The van der Waals surface area contributed by atoms with Gasteiger partial charge in [-0.3, -0.25) is 0 Å². The van der Waals surface area contributed by atoms with Crippen molar-refractivity contribution in [1.82, 2.24) is 9.46 Å². The minimum absolute atomic E-state index is 0.216. The first kappa shape index (κ1) is 17.5. The zero-order chi connectivity index (χ0) is 19.8. The molecule has 5 aromatic rings. The van der Waals surface area contributed by atoms with E-state index >= 15 is 0 Å². The molecular weight excluding hydrogens is 359 g/mol. The Kier molecular flexibility index (Phi) is 4.28. The van der Waals surface area contributed by atoms with E-state index in [1.807, 2.05) is 73.3 Å². The molecule has 0 N–H and O–H groups in total. The number of aromatic nitrogens is 2. The Balaban J connectivity index is 1.70. The second-order valence-corrected chi connectivity index (χ2v) is 6.91. The fraction of sp³-hybridized carbons (Fsp3) is 0.0833. The van der Waals surface area contributed by atoms with Crippen molar-refractivity contribution in [3.8, 4) is 0 Å².